The van der Waals surface area contributed by atoms with Gasteiger partial charge in [-0.25, -0.2) is 5.43 Å². The van der Waals surface area contributed by atoms with Crippen LogP contribution >= 0.6 is 0 Å². The van der Waals surface area contributed by atoms with Crippen molar-refractivity contribution in [2.75, 3.05) is 13.1 Å². The molecule has 5 nitrogen and oxygen atoms in total. The fraction of sp³-hybridized carbons (Fsp3) is 0.217. The van der Waals surface area contributed by atoms with Gasteiger partial charge in [0.25, 0.3) is 5.91 Å². The summed E-state index contributed by atoms with van der Waals surface area (Å²) < 4.78 is 0. The lowest BCUT2D eigenvalue weighted by molar-refractivity contribution is -0.663. The fourth-order valence-electron chi connectivity index (χ4n) is 3.81. The van der Waals surface area contributed by atoms with E-state index in [2.05, 4.69) is 15.8 Å². The molecule has 3 aromatic carbocycles. The van der Waals surface area contributed by atoms with Gasteiger partial charge in [-0.3, -0.25) is 4.79 Å². The van der Waals surface area contributed by atoms with Crippen molar-refractivity contribution >= 4 is 22.4 Å². The first kappa shape index (κ1) is 18.2. The third-order valence-electron chi connectivity index (χ3n) is 5.32. The summed E-state index contributed by atoms with van der Waals surface area (Å²) in [6, 6.07) is 20.9. The van der Waals surface area contributed by atoms with Crippen molar-refractivity contribution < 1.29 is 15.2 Å². The Hall–Kier alpha value is -3.18. The average Bonchev–Trinajstić information content (AvgIpc) is 2.76. The summed E-state index contributed by atoms with van der Waals surface area (Å²) in [5.41, 5.74) is 4.84. The Labute approximate surface area is 164 Å². The third kappa shape index (κ3) is 3.75. The summed E-state index contributed by atoms with van der Waals surface area (Å²) in [6.07, 6.45) is 2.07. The van der Waals surface area contributed by atoms with Crippen LogP contribution < -0.4 is 10.7 Å². The Morgan fingerprint density at radius 2 is 1.68 bits per heavy atom. The average molecular weight is 374 g/mol. The SMILES string of the molecule is O=C(N/N=C(\c1ccccc1)C1CC[NH2+]CC1)c1ccc2ccccc2c1O. The number of hydrazone groups is 1. The van der Waals surface area contributed by atoms with Gasteiger partial charge in [-0.2, -0.15) is 5.10 Å². The smallest absolute Gasteiger partial charge is 0.275 e. The number of phenolic OH excluding ortho intramolecular Hbond substituents is 1. The molecule has 4 rings (SSSR count). The van der Waals surface area contributed by atoms with Crippen LogP contribution in [0.25, 0.3) is 10.8 Å². The third-order valence-corrected chi connectivity index (χ3v) is 5.32. The number of rotatable bonds is 4. The molecule has 1 fully saturated rings. The van der Waals surface area contributed by atoms with Crippen molar-refractivity contribution in [3.63, 3.8) is 0 Å². The number of phenols is 1. The second-order valence-corrected chi connectivity index (χ2v) is 7.13. The zero-order chi connectivity index (χ0) is 19.3. The summed E-state index contributed by atoms with van der Waals surface area (Å²) in [6.45, 7) is 2.13. The molecule has 0 aliphatic carbocycles. The lowest BCUT2D eigenvalue weighted by atomic mass is 9.89. The first-order valence-electron chi connectivity index (χ1n) is 9.70. The molecule has 1 aliphatic heterocycles. The number of amides is 1. The molecule has 0 unspecified atom stereocenters. The van der Waals surface area contributed by atoms with Crippen LogP contribution in [0.15, 0.2) is 71.8 Å². The molecule has 3 aromatic rings. The minimum absolute atomic E-state index is 0.0145. The Bertz CT molecular complexity index is 1010. The number of carbonyl (C=O) groups is 1. The van der Waals surface area contributed by atoms with Gasteiger partial charge in [0.2, 0.25) is 0 Å². The van der Waals surface area contributed by atoms with Crippen LogP contribution in [0.3, 0.4) is 0 Å². The van der Waals surface area contributed by atoms with Crippen molar-refractivity contribution in [2.45, 2.75) is 12.8 Å². The molecule has 142 valence electrons. The molecule has 0 saturated carbocycles. The molecule has 5 heteroatoms. The number of nitrogens with two attached hydrogens (primary N) is 1. The largest absolute Gasteiger partial charge is 0.506 e. The normalized spacial score (nSPS) is 15.5. The van der Waals surface area contributed by atoms with Crippen molar-refractivity contribution in [1.29, 1.82) is 0 Å². The number of fused-ring (bicyclic) bond motifs is 1. The minimum atomic E-state index is -0.404. The van der Waals surface area contributed by atoms with Gasteiger partial charge in [0.15, 0.2) is 0 Å². The van der Waals surface area contributed by atoms with E-state index < -0.39 is 5.91 Å². The van der Waals surface area contributed by atoms with Gasteiger partial charge >= 0.3 is 0 Å². The van der Waals surface area contributed by atoms with E-state index in [0.717, 1.165) is 42.6 Å². The van der Waals surface area contributed by atoms with Crippen molar-refractivity contribution in [1.82, 2.24) is 5.43 Å². The maximum absolute atomic E-state index is 12.7. The van der Waals surface area contributed by atoms with Gasteiger partial charge in [-0.15, -0.1) is 0 Å². The molecule has 0 spiro atoms. The zero-order valence-electron chi connectivity index (χ0n) is 15.6. The predicted octanol–water partition coefficient (Wildman–Crippen LogP) is 2.65. The van der Waals surface area contributed by atoms with Crippen LogP contribution in [0.5, 0.6) is 5.75 Å². The van der Waals surface area contributed by atoms with E-state index >= 15 is 0 Å². The van der Waals surface area contributed by atoms with E-state index in [1.807, 2.05) is 54.6 Å². The first-order chi connectivity index (χ1) is 13.7. The molecule has 1 aliphatic rings. The maximum Gasteiger partial charge on any atom is 0.275 e. The van der Waals surface area contributed by atoms with Crippen molar-refractivity contribution in [3.8, 4) is 5.75 Å². The maximum atomic E-state index is 12.7. The highest BCUT2D eigenvalue weighted by Crippen LogP contribution is 2.28. The molecule has 1 amide bonds. The van der Waals surface area contributed by atoms with Crippen molar-refractivity contribution in [3.05, 3.63) is 77.9 Å². The van der Waals surface area contributed by atoms with Crippen LogP contribution in [-0.2, 0) is 0 Å². The summed E-state index contributed by atoms with van der Waals surface area (Å²) >= 11 is 0. The van der Waals surface area contributed by atoms with E-state index in [9.17, 15) is 9.90 Å². The number of nitrogens with one attached hydrogen (secondary N) is 1. The minimum Gasteiger partial charge on any atom is -0.506 e. The standard InChI is InChI=1S/C23H23N3O2/c27-22-19-9-5-4-6-16(19)10-11-20(22)23(28)26-25-21(17-7-2-1-3-8-17)18-12-14-24-15-13-18/h1-11,18,24,27H,12-15H2,(H,26,28)/p+1/b25-21+. The molecule has 28 heavy (non-hydrogen) atoms. The van der Waals surface area contributed by atoms with Crippen LogP contribution in [0.4, 0.5) is 0 Å². The second-order valence-electron chi connectivity index (χ2n) is 7.13. The fourth-order valence-corrected chi connectivity index (χ4v) is 3.81. The number of carbonyl (C=O) groups excluding carboxylic acids is 1. The van der Waals surface area contributed by atoms with Crippen LogP contribution in [0.1, 0.15) is 28.8 Å². The molecule has 0 aromatic heterocycles. The van der Waals surface area contributed by atoms with E-state index in [-0.39, 0.29) is 11.3 Å². The summed E-state index contributed by atoms with van der Waals surface area (Å²) in [5, 5.41) is 18.9. The lowest BCUT2D eigenvalue weighted by Gasteiger charge is -2.22. The van der Waals surface area contributed by atoms with E-state index in [0.29, 0.717) is 11.3 Å². The Morgan fingerprint density at radius 3 is 2.46 bits per heavy atom. The lowest BCUT2D eigenvalue weighted by Crippen LogP contribution is -2.86. The summed E-state index contributed by atoms with van der Waals surface area (Å²) in [7, 11) is 0. The number of nitrogens with zero attached hydrogens (tertiary/aromatic N) is 1. The summed E-state index contributed by atoms with van der Waals surface area (Å²) in [4.78, 5) is 12.7. The van der Waals surface area contributed by atoms with Crippen LogP contribution in [0, 0.1) is 5.92 Å². The molecule has 1 saturated heterocycles. The Kier molecular flexibility index (Phi) is 5.35. The molecule has 0 atom stereocenters. The van der Waals surface area contributed by atoms with Crippen molar-refractivity contribution in [2.24, 2.45) is 11.0 Å². The molecular weight excluding hydrogens is 350 g/mol. The summed E-state index contributed by atoms with van der Waals surface area (Å²) in [5.74, 6) is -0.101. The highest BCUT2D eigenvalue weighted by molar-refractivity contribution is 6.06. The van der Waals surface area contributed by atoms with Gasteiger partial charge in [-0.05, 0) is 17.0 Å². The Morgan fingerprint density at radius 1 is 0.964 bits per heavy atom. The quantitative estimate of drug-likeness (QED) is 0.485. The van der Waals surface area contributed by atoms with E-state index in [1.54, 1.807) is 12.1 Å². The molecule has 1 heterocycles. The number of hydrogen-bond donors (Lipinski definition) is 3. The van der Waals surface area contributed by atoms with E-state index in [4.69, 9.17) is 0 Å². The number of benzene rings is 3. The number of hydrogen-bond acceptors (Lipinski definition) is 3. The highest BCUT2D eigenvalue weighted by Gasteiger charge is 2.23. The number of aromatic hydroxyl groups is 1. The zero-order valence-corrected chi connectivity index (χ0v) is 15.6. The molecule has 0 radical (unpaired) electrons. The molecule has 0 bridgehead atoms. The van der Waals surface area contributed by atoms with Crippen LogP contribution in [0.2, 0.25) is 0 Å². The monoisotopic (exact) mass is 374 g/mol. The topological polar surface area (TPSA) is 78.3 Å². The number of piperidine rings is 1. The van der Waals surface area contributed by atoms with Gasteiger partial charge in [0.1, 0.15) is 5.75 Å². The highest BCUT2D eigenvalue weighted by atomic mass is 16.3. The second kappa shape index (κ2) is 8.23. The molecular formula is C23H24N3O2+. The predicted molar refractivity (Wildman–Crippen MR) is 110 cm³/mol. The van der Waals surface area contributed by atoms with Gasteiger partial charge in [-0.1, -0.05) is 60.7 Å². The first-order valence-corrected chi connectivity index (χ1v) is 9.70. The molecule has 4 N–H and O–H groups in total. The van der Waals surface area contributed by atoms with Gasteiger partial charge < -0.3 is 10.4 Å². The van der Waals surface area contributed by atoms with Crippen LogP contribution in [-0.4, -0.2) is 29.8 Å². The number of quaternary nitrogens is 1. The Balaban J connectivity index is 1.63. The van der Waals surface area contributed by atoms with E-state index in [1.165, 1.54) is 0 Å². The van der Waals surface area contributed by atoms with Gasteiger partial charge in [0.05, 0.1) is 24.4 Å². The van der Waals surface area contributed by atoms with Gasteiger partial charge in [0, 0.05) is 24.1 Å².